The van der Waals surface area contributed by atoms with E-state index >= 15 is 0 Å². The highest BCUT2D eigenvalue weighted by atomic mass is 35.5. The van der Waals surface area contributed by atoms with Crippen molar-refractivity contribution in [3.05, 3.63) is 65.4 Å². The number of halogens is 1. The van der Waals surface area contributed by atoms with Crippen molar-refractivity contribution in [2.45, 2.75) is 18.8 Å². The Morgan fingerprint density at radius 3 is 2.96 bits per heavy atom. The van der Waals surface area contributed by atoms with E-state index in [1.807, 2.05) is 43.3 Å². The molecule has 0 unspecified atom stereocenters. The van der Waals surface area contributed by atoms with Crippen LogP contribution in [0.25, 0.3) is 10.8 Å². The molecule has 0 aliphatic carbocycles. The number of pyridine rings is 1. The Morgan fingerprint density at radius 2 is 2.08 bits per heavy atom. The molecule has 0 saturated carbocycles. The first kappa shape index (κ1) is 15.9. The number of aromatic nitrogens is 1. The molecule has 0 spiro atoms. The quantitative estimate of drug-likeness (QED) is 0.735. The number of carbonyl (C=O) groups is 1. The van der Waals surface area contributed by atoms with Crippen molar-refractivity contribution in [1.29, 1.82) is 0 Å². The van der Waals surface area contributed by atoms with Gasteiger partial charge in [0.15, 0.2) is 0 Å². The second-order valence-electron chi connectivity index (χ2n) is 6.43. The van der Waals surface area contributed by atoms with E-state index in [1.165, 1.54) is 0 Å². The molecule has 0 fully saturated rings. The minimum atomic E-state index is -0.713. The van der Waals surface area contributed by atoms with Gasteiger partial charge in [0.1, 0.15) is 5.75 Å². The van der Waals surface area contributed by atoms with Crippen molar-refractivity contribution >= 4 is 34.0 Å². The maximum atomic E-state index is 13.2. The van der Waals surface area contributed by atoms with Crippen LogP contribution in [0, 0.1) is 0 Å². The summed E-state index contributed by atoms with van der Waals surface area (Å²) in [6.45, 7) is 2.42. The van der Waals surface area contributed by atoms with Crippen molar-refractivity contribution < 1.29 is 9.53 Å². The molecule has 0 bridgehead atoms. The average molecular weight is 353 g/mol. The molecule has 0 radical (unpaired) electrons. The van der Waals surface area contributed by atoms with Crippen molar-refractivity contribution in [2.75, 3.05) is 11.9 Å². The molecule has 1 aliphatic rings. The third kappa shape index (κ3) is 2.72. The Bertz CT molecular complexity index is 968. The van der Waals surface area contributed by atoms with E-state index in [1.54, 1.807) is 18.5 Å². The summed E-state index contributed by atoms with van der Waals surface area (Å²) in [4.78, 5) is 17.4. The van der Waals surface area contributed by atoms with Crippen LogP contribution >= 0.6 is 11.6 Å². The zero-order valence-electron chi connectivity index (χ0n) is 13.8. The fourth-order valence-corrected chi connectivity index (χ4v) is 3.44. The highest BCUT2D eigenvalue weighted by Gasteiger charge is 2.40. The fraction of sp³-hybridized carbons (Fsp3) is 0.200. The molecule has 5 heteroatoms. The number of rotatable bonds is 2. The summed E-state index contributed by atoms with van der Waals surface area (Å²) in [5.41, 5.74) is 0.812. The molecule has 4 rings (SSSR count). The molecular formula is C20H17ClN2O2. The van der Waals surface area contributed by atoms with Crippen LogP contribution in [0.2, 0.25) is 5.02 Å². The second kappa shape index (κ2) is 6.05. The lowest BCUT2D eigenvalue weighted by Gasteiger charge is -2.34. The normalized spacial score (nSPS) is 19.1. The van der Waals surface area contributed by atoms with E-state index in [4.69, 9.17) is 16.3 Å². The molecule has 3 aromatic rings. The number of anilines is 1. The Kier molecular flexibility index (Phi) is 3.85. The van der Waals surface area contributed by atoms with Crippen LogP contribution in [-0.4, -0.2) is 17.5 Å². The third-order valence-corrected chi connectivity index (χ3v) is 5.05. The van der Waals surface area contributed by atoms with Gasteiger partial charge in [-0.15, -0.1) is 0 Å². The molecule has 2 aromatic carbocycles. The van der Waals surface area contributed by atoms with E-state index in [9.17, 15) is 4.79 Å². The van der Waals surface area contributed by atoms with Gasteiger partial charge in [0.05, 0.1) is 23.9 Å². The van der Waals surface area contributed by atoms with Gasteiger partial charge in [-0.25, -0.2) is 0 Å². The summed E-state index contributed by atoms with van der Waals surface area (Å²) in [6.07, 6.45) is 4.06. The zero-order chi connectivity index (χ0) is 17.4. The number of ether oxygens (including phenoxy) is 1. The maximum absolute atomic E-state index is 13.2. The number of amides is 1. The van der Waals surface area contributed by atoms with E-state index in [0.29, 0.717) is 29.5 Å². The van der Waals surface area contributed by atoms with E-state index in [2.05, 4.69) is 10.3 Å². The highest BCUT2D eigenvalue weighted by Crippen LogP contribution is 2.41. The highest BCUT2D eigenvalue weighted by molar-refractivity contribution is 6.30. The van der Waals surface area contributed by atoms with Gasteiger partial charge in [-0.1, -0.05) is 35.9 Å². The molecule has 2 heterocycles. The number of benzene rings is 2. The third-order valence-electron chi connectivity index (χ3n) is 4.81. The lowest BCUT2D eigenvalue weighted by atomic mass is 9.77. The first-order chi connectivity index (χ1) is 12.1. The Morgan fingerprint density at radius 1 is 1.24 bits per heavy atom. The fourth-order valence-electron chi connectivity index (χ4n) is 3.27. The maximum Gasteiger partial charge on any atom is 0.235 e. The summed E-state index contributed by atoms with van der Waals surface area (Å²) in [6, 6.07) is 13.3. The van der Waals surface area contributed by atoms with E-state index in [0.717, 1.165) is 16.3 Å². The number of nitrogens with zero attached hydrogens (tertiary/aromatic N) is 1. The van der Waals surface area contributed by atoms with E-state index < -0.39 is 5.41 Å². The molecule has 126 valence electrons. The summed E-state index contributed by atoms with van der Waals surface area (Å²) >= 11 is 6.15. The second-order valence-corrected chi connectivity index (χ2v) is 6.87. The van der Waals surface area contributed by atoms with Crippen LogP contribution in [0.5, 0.6) is 5.75 Å². The molecular weight excluding hydrogens is 336 g/mol. The monoisotopic (exact) mass is 352 g/mol. The molecule has 1 aliphatic heterocycles. The number of hydrogen-bond donors (Lipinski definition) is 1. The predicted molar refractivity (Wildman–Crippen MR) is 99.3 cm³/mol. The molecule has 1 amide bonds. The lowest BCUT2D eigenvalue weighted by Crippen LogP contribution is -2.41. The Balaban J connectivity index is 1.73. The first-order valence-electron chi connectivity index (χ1n) is 8.15. The number of fused-ring (bicyclic) bond motifs is 2. The molecule has 4 nitrogen and oxygen atoms in total. The minimum Gasteiger partial charge on any atom is -0.493 e. The van der Waals surface area contributed by atoms with Crippen LogP contribution in [0.4, 0.5) is 5.69 Å². The van der Waals surface area contributed by atoms with Crippen molar-refractivity contribution in [1.82, 2.24) is 4.98 Å². The van der Waals surface area contributed by atoms with Gasteiger partial charge < -0.3 is 10.1 Å². The summed E-state index contributed by atoms with van der Waals surface area (Å²) in [5.74, 6) is 0.627. The Labute approximate surface area is 150 Å². The molecule has 1 N–H and O–H groups in total. The Hall–Kier alpha value is -2.59. The van der Waals surface area contributed by atoms with E-state index in [-0.39, 0.29) is 5.91 Å². The molecule has 1 atom stereocenters. The van der Waals surface area contributed by atoms with Crippen LogP contribution in [0.1, 0.15) is 18.9 Å². The zero-order valence-corrected chi connectivity index (χ0v) is 14.5. The SMILES string of the molecule is C[C@@]1(C(=O)Nc2cncc3ccccc23)CCOc2ccc(Cl)cc21. The minimum absolute atomic E-state index is 0.0857. The van der Waals surface area contributed by atoms with Crippen molar-refractivity contribution in [3.8, 4) is 5.75 Å². The predicted octanol–water partition coefficient (Wildman–Crippen LogP) is 4.57. The van der Waals surface area contributed by atoms with Crippen LogP contribution in [-0.2, 0) is 10.2 Å². The molecule has 1 aromatic heterocycles. The summed E-state index contributed by atoms with van der Waals surface area (Å²) < 4.78 is 5.69. The van der Waals surface area contributed by atoms with Gasteiger partial charge in [-0.05, 0) is 31.5 Å². The van der Waals surface area contributed by atoms with Gasteiger partial charge in [0.25, 0.3) is 0 Å². The largest absolute Gasteiger partial charge is 0.493 e. The number of carbonyl (C=O) groups excluding carboxylic acids is 1. The smallest absolute Gasteiger partial charge is 0.235 e. The lowest BCUT2D eigenvalue weighted by molar-refractivity contribution is -0.122. The topological polar surface area (TPSA) is 51.2 Å². The van der Waals surface area contributed by atoms with Crippen LogP contribution in [0.3, 0.4) is 0 Å². The van der Waals surface area contributed by atoms with Gasteiger partial charge in [0, 0.05) is 27.6 Å². The summed E-state index contributed by atoms with van der Waals surface area (Å²) in [7, 11) is 0. The van der Waals surface area contributed by atoms with Gasteiger partial charge >= 0.3 is 0 Å². The van der Waals surface area contributed by atoms with Crippen LogP contribution in [0.15, 0.2) is 54.9 Å². The van der Waals surface area contributed by atoms with Gasteiger partial charge in [0.2, 0.25) is 5.91 Å². The summed E-state index contributed by atoms with van der Waals surface area (Å²) in [5, 5.41) is 5.60. The first-order valence-corrected chi connectivity index (χ1v) is 8.53. The van der Waals surface area contributed by atoms with Gasteiger partial charge in [-0.2, -0.15) is 0 Å². The number of nitrogens with one attached hydrogen (secondary N) is 1. The standard InChI is InChI=1S/C20H17ClN2O2/c1-20(8-9-25-18-7-6-14(21)10-16(18)20)19(24)23-17-12-22-11-13-4-2-3-5-15(13)17/h2-7,10-12H,8-9H2,1H3,(H,23,24)/t20-/m1/s1. The van der Waals surface area contributed by atoms with Gasteiger partial charge in [-0.3, -0.25) is 9.78 Å². The van der Waals surface area contributed by atoms with Crippen molar-refractivity contribution in [2.24, 2.45) is 0 Å². The van der Waals surface area contributed by atoms with Crippen LogP contribution < -0.4 is 10.1 Å². The van der Waals surface area contributed by atoms with Crippen molar-refractivity contribution in [3.63, 3.8) is 0 Å². The molecule has 25 heavy (non-hydrogen) atoms. The molecule has 0 saturated heterocycles. The number of hydrogen-bond acceptors (Lipinski definition) is 3. The average Bonchev–Trinajstić information content (AvgIpc) is 2.63.